The Morgan fingerprint density at radius 3 is 2.53 bits per heavy atom. The number of fused-ring (bicyclic) bond motifs is 3. The molecule has 0 amide bonds. The molecule has 3 atom stereocenters. The average molecular weight is 482 g/mol. The van der Waals surface area contributed by atoms with Crippen LogP contribution in [-0.4, -0.2) is 56.3 Å². The van der Waals surface area contributed by atoms with Gasteiger partial charge in [-0.1, -0.05) is 12.8 Å². The highest BCUT2D eigenvalue weighted by atomic mass is 32.2. The minimum absolute atomic E-state index is 0.0829. The first kappa shape index (κ1) is 21.8. The molecule has 0 aromatic carbocycles. The predicted molar refractivity (Wildman–Crippen MR) is 133 cm³/mol. The molecule has 180 valence electrons. The number of hydrogen-bond acceptors (Lipinski definition) is 7. The predicted octanol–water partition coefficient (Wildman–Crippen LogP) is 4.08. The van der Waals surface area contributed by atoms with Crippen molar-refractivity contribution in [1.82, 2.24) is 24.5 Å². The summed E-state index contributed by atoms with van der Waals surface area (Å²) in [6, 6.07) is 8.12. The summed E-state index contributed by atoms with van der Waals surface area (Å²) >= 11 is 0. The molecule has 6 rings (SSSR count). The Hall–Kier alpha value is -2.72. The number of nitrogens with one attached hydrogen (secondary N) is 3. The van der Waals surface area contributed by atoms with Gasteiger partial charge in [-0.15, -0.1) is 0 Å². The van der Waals surface area contributed by atoms with Crippen molar-refractivity contribution in [3.05, 3.63) is 36.2 Å². The number of piperidine rings is 1. The quantitative estimate of drug-likeness (QED) is 0.486. The van der Waals surface area contributed by atoms with E-state index >= 15 is 0 Å². The number of nitrogens with zero attached hydrogens (tertiary/aromatic N) is 4. The number of hydrogen-bond donors (Lipinski definition) is 3. The largest absolute Gasteiger partial charge is 0.367 e. The van der Waals surface area contributed by atoms with Crippen LogP contribution < -0.4 is 10.6 Å². The second-order valence-electron chi connectivity index (χ2n) is 9.97. The van der Waals surface area contributed by atoms with E-state index in [4.69, 9.17) is 4.98 Å². The third-order valence-corrected chi connectivity index (χ3v) is 10.1. The van der Waals surface area contributed by atoms with Crippen molar-refractivity contribution in [3.8, 4) is 0 Å². The highest BCUT2D eigenvalue weighted by Crippen LogP contribution is 2.42. The lowest BCUT2D eigenvalue weighted by Gasteiger charge is -2.39. The molecule has 10 heteroatoms. The lowest BCUT2D eigenvalue weighted by atomic mass is 9.99. The van der Waals surface area contributed by atoms with Gasteiger partial charge in [-0.25, -0.2) is 13.4 Å². The summed E-state index contributed by atoms with van der Waals surface area (Å²) in [5, 5.41) is 14.9. The van der Waals surface area contributed by atoms with Crippen LogP contribution in [0.3, 0.4) is 0 Å². The van der Waals surface area contributed by atoms with Crippen LogP contribution in [0, 0.1) is 6.92 Å². The van der Waals surface area contributed by atoms with Crippen LogP contribution in [0.2, 0.25) is 0 Å². The molecule has 3 N–H and O–H groups in total. The third kappa shape index (κ3) is 3.92. The Kier molecular flexibility index (Phi) is 5.44. The molecule has 34 heavy (non-hydrogen) atoms. The van der Waals surface area contributed by atoms with Gasteiger partial charge in [0.2, 0.25) is 10.0 Å². The maximum absolute atomic E-state index is 13.4. The summed E-state index contributed by atoms with van der Waals surface area (Å²) in [5.41, 5.74) is 1.81. The van der Waals surface area contributed by atoms with Gasteiger partial charge < -0.3 is 10.6 Å². The van der Waals surface area contributed by atoms with Crippen molar-refractivity contribution < 1.29 is 8.42 Å². The van der Waals surface area contributed by atoms with Gasteiger partial charge in [0.05, 0.1) is 10.8 Å². The minimum Gasteiger partial charge on any atom is -0.367 e. The van der Waals surface area contributed by atoms with Gasteiger partial charge in [0.1, 0.15) is 11.6 Å². The van der Waals surface area contributed by atoms with E-state index in [9.17, 15) is 8.42 Å². The fourth-order valence-corrected chi connectivity index (χ4v) is 8.57. The molecule has 2 bridgehead atoms. The molecule has 3 aliphatic rings. The Bertz CT molecular complexity index is 1290. The van der Waals surface area contributed by atoms with Crippen LogP contribution >= 0.6 is 0 Å². The van der Waals surface area contributed by atoms with E-state index in [1.807, 2.05) is 35.5 Å². The van der Waals surface area contributed by atoms with Crippen molar-refractivity contribution in [2.75, 3.05) is 10.6 Å². The van der Waals surface area contributed by atoms with Gasteiger partial charge in [0, 0.05) is 47.5 Å². The maximum atomic E-state index is 13.4. The molecule has 9 nitrogen and oxygen atoms in total. The molecule has 0 radical (unpaired) electrons. The summed E-state index contributed by atoms with van der Waals surface area (Å²) in [4.78, 5) is 9.39. The molecule has 3 fully saturated rings. The van der Waals surface area contributed by atoms with Gasteiger partial charge >= 0.3 is 0 Å². The van der Waals surface area contributed by atoms with E-state index in [1.54, 1.807) is 6.20 Å². The van der Waals surface area contributed by atoms with Gasteiger partial charge in [-0.2, -0.15) is 9.40 Å². The third-order valence-electron chi connectivity index (χ3n) is 7.59. The van der Waals surface area contributed by atoms with Gasteiger partial charge in [-0.3, -0.25) is 10.1 Å². The van der Waals surface area contributed by atoms with Gasteiger partial charge in [0.25, 0.3) is 0 Å². The van der Waals surface area contributed by atoms with Crippen molar-refractivity contribution in [3.63, 3.8) is 0 Å². The summed E-state index contributed by atoms with van der Waals surface area (Å²) in [6.07, 6.45) is 9.00. The molecule has 0 spiro atoms. The fraction of sp³-hybridized carbons (Fsp3) is 0.542. The van der Waals surface area contributed by atoms with E-state index in [-0.39, 0.29) is 23.4 Å². The zero-order valence-electron chi connectivity index (χ0n) is 19.4. The van der Waals surface area contributed by atoms with E-state index in [2.05, 4.69) is 25.8 Å². The highest BCUT2D eigenvalue weighted by molar-refractivity contribution is 7.89. The van der Waals surface area contributed by atoms with Gasteiger partial charge in [0.15, 0.2) is 5.82 Å². The number of sulfonamides is 1. The summed E-state index contributed by atoms with van der Waals surface area (Å²) in [6.45, 7) is 1.95. The highest BCUT2D eigenvalue weighted by Gasteiger charge is 2.49. The van der Waals surface area contributed by atoms with Crippen LogP contribution in [0.5, 0.6) is 0 Å². The summed E-state index contributed by atoms with van der Waals surface area (Å²) in [5.74, 6) is 2.15. The molecule has 5 heterocycles. The molecule has 1 unspecified atom stereocenters. The molecule has 1 aliphatic carbocycles. The number of H-pyrrole nitrogens is 1. The normalized spacial score (nSPS) is 25.7. The monoisotopic (exact) mass is 481 g/mol. The maximum Gasteiger partial charge on any atom is 0.217 e. The second-order valence-corrected chi connectivity index (χ2v) is 12.1. The number of aryl methyl sites for hydroxylation is 1. The Morgan fingerprint density at radius 2 is 1.82 bits per heavy atom. The number of aromatic nitrogens is 4. The smallest absolute Gasteiger partial charge is 0.217 e. The Labute approximate surface area is 199 Å². The Balaban J connectivity index is 1.24. The van der Waals surface area contributed by atoms with E-state index in [1.165, 1.54) is 0 Å². The summed E-state index contributed by atoms with van der Waals surface area (Å²) < 4.78 is 28.6. The van der Waals surface area contributed by atoms with E-state index in [0.717, 1.165) is 73.8 Å². The van der Waals surface area contributed by atoms with Crippen LogP contribution in [0.1, 0.15) is 57.1 Å². The molecular weight excluding hydrogens is 450 g/mol. The van der Waals surface area contributed by atoms with Crippen molar-refractivity contribution in [2.24, 2.45) is 0 Å². The van der Waals surface area contributed by atoms with Crippen molar-refractivity contribution in [1.29, 1.82) is 0 Å². The summed E-state index contributed by atoms with van der Waals surface area (Å²) in [7, 11) is -3.21. The van der Waals surface area contributed by atoms with Crippen LogP contribution in [0.4, 0.5) is 17.5 Å². The van der Waals surface area contributed by atoms with Crippen molar-refractivity contribution in [2.45, 2.75) is 81.7 Å². The number of aromatic amines is 1. The number of pyridine rings is 2. The molecule has 2 saturated heterocycles. The van der Waals surface area contributed by atoms with Gasteiger partial charge in [-0.05, 0) is 57.6 Å². The SMILES string of the molecule is Cc1cc(Nc2cc3ncccc3c(NC3C[C@H]4CC[C@@H](C3)N4S(=O)(=O)C3CCCC3)n2)n[nH]1. The first-order valence-electron chi connectivity index (χ1n) is 12.3. The van der Waals surface area contributed by atoms with Crippen LogP contribution in [0.15, 0.2) is 30.5 Å². The molecule has 3 aromatic rings. The molecule has 2 aliphatic heterocycles. The molecular formula is C24H31N7O2S. The Morgan fingerprint density at radius 1 is 1.06 bits per heavy atom. The topological polar surface area (TPSA) is 116 Å². The average Bonchev–Trinajstić information content (AvgIpc) is 3.55. The second kappa shape index (κ2) is 8.49. The number of rotatable bonds is 6. The zero-order valence-corrected chi connectivity index (χ0v) is 20.2. The zero-order chi connectivity index (χ0) is 23.3. The fourth-order valence-electron chi connectivity index (χ4n) is 6.08. The lowest BCUT2D eigenvalue weighted by molar-refractivity contribution is 0.232. The molecule has 3 aromatic heterocycles. The van der Waals surface area contributed by atoms with Crippen LogP contribution in [0.25, 0.3) is 10.9 Å². The molecule has 1 saturated carbocycles. The van der Waals surface area contributed by atoms with Crippen LogP contribution in [-0.2, 0) is 10.0 Å². The lowest BCUT2D eigenvalue weighted by Crippen LogP contribution is -2.52. The first-order valence-corrected chi connectivity index (χ1v) is 13.8. The van der Waals surface area contributed by atoms with E-state index in [0.29, 0.717) is 11.6 Å². The number of anilines is 3. The first-order chi connectivity index (χ1) is 16.5. The minimum atomic E-state index is -3.21. The van der Waals surface area contributed by atoms with E-state index < -0.39 is 10.0 Å². The van der Waals surface area contributed by atoms with Crippen molar-refractivity contribution >= 4 is 38.4 Å². The standard InChI is InChI=1S/C24H31N7O2S/c1-15-11-23(30-29-15)27-22-14-21-20(7-4-10-25-21)24(28-22)26-16-12-17-8-9-18(13-16)31(17)34(32,33)19-5-2-3-6-19/h4,7,10-11,14,16-19H,2-3,5-6,8-9,12-13H2,1H3,(H3,26,27,28,29,30)/t16?,17-,18+.